The van der Waals surface area contributed by atoms with E-state index in [1.807, 2.05) is 23.1 Å². The molecule has 1 aliphatic heterocycles. The molecule has 4 heteroatoms. The molecule has 2 heterocycles. The summed E-state index contributed by atoms with van der Waals surface area (Å²) in [5, 5.41) is 11.4. The lowest BCUT2D eigenvalue weighted by molar-refractivity contribution is 0.566. The van der Waals surface area contributed by atoms with Crippen molar-refractivity contribution in [2.24, 2.45) is 11.8 Å². The van der Waals surface area contributed by atoms with Crippen LogP contribution in [0.15, 0.2) is 42.7 Å². The zero-order valence-corrected chi connectivity index (χ0v) is 10.8. The van der Waals surface area contributed by atoms with E-state index in [9.17, 15) is 0 Å². The van der Waals surface area contributed by atoms with Crippen LogP contribution >= 0.6 is 0 Å². The van der Waals surface area contributed by atoms with Gasteiger partial charge < -0.3 is 10.6 Å². The summed E-state index contributed by atoms with van der Waals surface area (Å²) >= 11 is 0. The van der Waals surface area contributed by atoms with Gasteiger partial charge in [0.05, 0.1) is 5.69 Å². The maximum atomic E-state index is 4.27. The van der Waals surface area contributed by atoms with E-state index >= 15 is 0 Å². The number of benzene rings is 1. The normalized spacial score (nSPS) is 28.3. The number of nitrogens with one attached hydrogen (secondary N) is 2. The highest BCUT2D eigenvalue weighted by atomic mass is 15.3. The third-order valence-corrected chi connectivity index (χ3v) is 4.31. The van der Waals surface area contributed by atoms with E-state index in [1.165, 1.54) is 18.7 Å². The van der Waals surface area contributed by atoms with Crippen LogP contribution in [-0.4, -0.2) is 28.9 Å². The molecule has 1 aromatic carbocycles. The van der Waals surface area contributed by atoms with Crippen molar-refractivity contribution in [3.63, 3.8) is 0 Å². The van der Waals surface area contributed by atoms with Crippen LogP contribution in [0.1, 0.15) is 5.56 Å². The van der Waals surface area contributed by atoms with Crippen molar-refractivity contribution in [2.75, 3.05) is 13.1 Å². The lowest BCUT2D eigenvalue weighted by Crippen LogP contribution is -2.27. The molecule has 0 spiro atoms. The van der Waals surface area contributed by atoms with Gasteiger partial charge in [0.25, 0.3) is 0 Å². The first-order valence-electron chi connectivity index (χ1n) is 6.95. The van der Waals surface area contributed by atoms with Crippen molar-refractivity contribution in [3.8, 4) is 5.69 Å². The molecule has 0 amide bonds. The van der Waals surface area contributed by atoms with Gasteiger partial charge in [-0.25, -0.2) is 4.68 Å². The maximum Gasteiger partial charge on any atom is 0.0648 e. The van der Waals surface area contributed by atoms with Gasteiger partial charge in [-0.2, -0.15) is 5.10 Å². The zero-order valence-electron chi connectivity index (χ0n) is 10.8. The summed E-state index contributed by atoms with van der Waals surface area (Å²) in [7, 11) is 0. The second kappa shape index (κ2) is 4.47. The number of rotatable bonds is 4. The number of hydrogen-bond donors (Lipinski definition) is 2. The van der Waals surface area contributed by atoms with Crippen molar-refractivity contribution in [2.45, 2.75) is 12.6 Å². The number of fused-ring (bicyclic) bond motifs is 1. The quantitative estimate of drug-likeness (QED) is 0.861. The van der Waals surface area contributed by atoms with E-state index in [0.717, 1.165) is 30.1 Å². The van der Waals surface area contributed by atoms with E-state index in [0.29, 0.717) is 0 Å². The molecule has 3 atom stereocenters. The fourth-order valence-corrected chi connectivity index (χ4v) is 3.19. The Labute approximate surface area is 112 Å². The minimum absolute atomic E-state index is 0.731. The first-order valence-corrected chi connectivity index (χ1v) is 6.95. The molecule has 1 aliphatic carbocycles. The molecule has 4 rings (SSSR count). The zero-order chi connectivity index (χ0) is 12.7. The van der Waals surface area contributed by atoms with Crippen molar-refractivity contribution in [3.05, 3.63) is 48.3 Å². The Kier molecular flexibility index (Phi) is 2.64. The second-order valence-corrected chi connectivity index (χ2v) is 5.51. The molecular weight excluding hydrogens is 236 g/mol. The van der Waals surface area contributed by atoms with Gasteiger partial charge in [0.2, 0.25) is 0 Å². The second-order valence-electron chi connectivity index (χ2n) is 5.51. The number of aromatic nitrogens is 2. The summed E-state index contributed by atoms with van der Waals surface area (Å²) in [5.74, 6) is 1.74. The van der Waals surface area contributed by atoms with Crippen LogP contribution in [0, 0.1) is 11.8 Å². The molecule has 2 fully saturated rings. The summed E-state index contributed by atoms with van der Waals surface area (Å²) in [5.41, 5.74) is 2.45. The molecule has 19 heavy (non-hydrogen) atoms. The fraction of sp³-hybridized carbons (Fsp3) is 0.400. The van der Waals surface area contributed by atoms with Crippen LogP contribution in [0.3, 0.4) is 0 Å². The van der Waals surface area contributed by atoms with E-state index < -0.39 is 0 Å². The Morgan fingerprint density at radius 1 is 1.26 bits per heavy atom. The molecule has 98 valence electrons. The van der Waals surface area contributed by atoms with Gasteiger partial charge >= 0.3 is 0 Å². The van der Waals surface area contributed by atoms with Crippen molar-refractivity contribution in [1.82, 2.24) is 20.4 Å². The third-order valence-electron chi connectivity index (χ3n) is 4.31. The van der Waals surface area contributed by atoms with E-state index in [-0.39, 0.29) is 0 Å². The minimum atomic E-state index is 0.731. The van der Waals surface area contributed by atoms with Gasteiger partial charge in [-0.15, -0.1) is 0 Å². The minimum Gasteiger partial charge on any atom is -0.316 e. The first-order chi connectivity index (χ1) is 9.42. The Hall–Kier alpha value is -1.65. The van der Waals surface area contributed by atoms with Gasteiger partial charge in [0.15, 0.2) is 0 Å². The average Bonchev–Trinajstić information content (AvgIpc) is 2.91. The van der Waals surface area contributed by atoms with E-state index in [1.54, 1.807) is 0 Å². The molecule has 2 aliphatic rings. The largest absolute Gasteiger partial charge is 0.316 e. The highest BCUT2D eigenvalue weighted by molar-refractivity contribution is 5.35. The summed E-state index contributed by atoms with van der Waals surface area (Å²) in [6, 6.07) is 11.3. The standard InChI is InChI=1S/C15H18N4/c1-3-11(7-12(4-1)19-6-2-5-18-19)8-17-15-13-9-16-10-14(13)15/h1-7,13-17H,8-10H2/t13-,14+,15?. The summed E-state index contributed by atoms with van der Waals surface area (Å²) in [4.78, 5) is 0. The fourth-order valence-electron chi connectivity index (χ4n) is 3.19. The molecular formula is C15H18N4. The van der Waals surface area contributed by atoms with Gasteiger partial charge in [0.1, 0.15) is 0 Å². The van der Waals surface area contributed by atoms with Crippen molar-refractivity contribution < 1.29 is 0 Å². The van der Waals surface area contributed by atoms with Crippen LogP contribution in [0.5, 0.6) is 0 Å². The van der Waals surface area contributed by atoms with Gasteiger partial charge in [-0.3, -0.25) is 0 Å². The van der Waals surface area contributed by atoms with Gasteiger partial charge in [-0.1, -0.05) is 12.1 Å². The van der Waals surface area contributed by atoms with Crippen LogP contribution in [-0.2, 0) is 6.54 Å². The summed E-state index contributed by atoms with van der Waals surface area (Å²) < 4.78 is 1.90. The highest BCUT2D eigenvalue weighted by Crippen LogP contribution is 2.41. The molecule has 1 aromatic heterocycles. The molecule has 1 saturated heterocycles. The van der Waals surface area contributed by atoms with E-state index in [2.05, 4.69) is 40.0 Å². The molecule has 2 N–H and O–H groups in total. The monoisotopic (exact) mass is 254 g/mol. The number of nitrogens with zero attached hydrogens (tertiary/aromatic N) is 2. The topological polar surface area (TPSA) is 41.9 Å². The molecule has 1 unspecified atom stereocenters. The van der Waals surface area contributed by atoms with Crippen LogP contribution < -0.4 is 10.6 Å². The molecule has 1 saturated carbocycles. The Morgan fingerprint density at radius 2 is 2.16 bits per heavy atom. The summed E-state index contributed by atoms with van der Waals surface area (Å²) in [6.07, 6.45) is 3.78. The predicted molar refractivity (Wildman–Crippen MR) is 74.0 cm³/mol. The van der Waals surface area contributed by atoms with E-state index in [4.69, 9.17) is 0 Å². The van der Waals surface area contributed by atoms with Crippen LogP contribution in [0.2, 0.25) is 0 Å². The third kappa shape index (κ3) is 2.07. The number of piperidine rings is 1. The molecule has 0 bridgehead atoms. The summed E-state index contributed by atoms with van der Waals surface area (Å²) in [6.45, 7) is 3.33. The SMILES string of the molecule is c1cc(CNC2[C@H]3CNC[C@@H]23)cc(-n2cccn2)c1. The molecule has 2 aromatic rings. The predicted octanol–water partition coefficient (Wildman–Crippen LogP) is 1.18. The number of hydrogen-bond acceptors (Lipinski definition) is 3. The lowest BCUT2D eigenvalue weighted by atomic mass is 10.2. The lowest BCUT2D eigenvalue weighted by Gasteiger charge is -2.09. The highest BCUT2D eigenvalue weighted by Gasteiger charge is 2.52. The van der Waals surface area contributed by atoms with Gasteiger partial charge in [-0.05, 0) is 48.7 Å². The Bertz CT molecular complexity index is 553. The average molecular weight is 254 g/mol. The van der Waals surface area contributed by atoms with Crippen molar-refractivity contribution >= 4 is 0 Å². The maximum absolute atomic E-state index is 4.27. The Balaban J connectivity index is 1.43. The Morgan fingerprint density at radius 3 is 2.95 bits per heavy atom. The van der Waals surface area contributed by atoms with Crippen LogP contribution in [0.25, 0.3) is 5.69 Å². The smallest absolute Gasteiger partial charge is 0.0648 e. The van der Waals surface area contributed by atoms with Gasteiger partial charge in [0, 0.05) is 25.0 Å². The van der Waals surface area contributed by atoms with Crippen LogP contribution in [0.4, 0.5) is 0 Å². The first kappa shape index (κ1) is 11.2. The molecule has 4 nitrogen and oxygen atoms in total. The van der Waals surface area contributed by atoms with Crippen molar-refractivity contribution in [1.29, 1.82) is 0 Å². The molecule has 0 radical (unpaired) electrons.